The first-order valence-electron chi connectivity index (χ1n) is 16.1. The fourth-order valence-electron chi connectivity index (χ4n) is 7.75. The monoisotopic (exact) mass is 790 g/mol. The molecule has 2 aliphatic rings. The molecule has 0 saturated heterocycles. The fraction of sp³-hybridized carbons (Fsp3) is 0.143. The number of halogens is 1. The van der Waals surface area contributed by atoms with E-state index in [9.17, 15) is 4.57 Å². The van der Waals surface area contributed by atoms with Gasteiger partial charge in [-0.3, -0.25) is 17.0 Å². The molecule has 6 aromatic carbocycles. The first-order chi connectivity index (χ1) is 23.1. The van der Waals surface area contributed by atoms with Crippen LogP contribution in [0.2, 0.25) is 0 Å². The summed E-state index contributed by atoms with van der Waals surface area (Å²) in [6, 6.07) is 48.4. The van der Waals surface area contributed by atoms with Crippen molar-refractivity contribution in [1.82, 2.24) is 0 Å². The molecular weight excluding hydrogens is 756 g/mol. The van der Waals surface area contributed by atoms with Gasteiger partial charge in [-0.15, -0.1) is 0 Å². The van der Waals surface area contributed by atoms with Gasteiger partial charge in [-0.25, -0.2) is 21.2 Å². The van der Waals surface area contributed by atoms with Crippen LogP contribution in [0.3, 0.4) is 0 Å². The van der Waals surface area contributed by atoms with Crippen molar-refractivity contribution in [1.29, 1.82) is 0 Å². The summed E-state index contributed by atoms with van der Waals surface area (Å²) in [5.41, 5.74) is 15.8. The zero-order chi connectivity index (χ0) is 33.4. The van der Waals surface area contributed by atoms with Crippen molar-refractivity contribution < 1.29 is 4.57 Å². The van der Waals surface area contributed by atoms with Crippen LogP contribution in [0.1, 0.15) is 49.9 Å². The Morgan fingerprint density at radius 2 is 0.958 bits per heavy atom. The Labute approximate surface area is 302 Å². The molecule has 0 spiro atoms. The largest absolute Gasteiger partial charge is 0.310 e. The van der Waals surface area contributed by atoms with E-state index < -0.39 is 12.4 Å². The predicted octanol–water partition coefficient (Wildman–Crippen LogP) is 12.2. The molecule has 0 bridgehead atoms. The van der Waals surface area contributed by atoms with Gasteiger partial charge >= 0.3 is 0 Å². The summed E-state index contributed by atoms with van der Waals surface area (Å²) in [5, 5.41) is 0.858. The highest BCUT2D eigenvalue weighted by Crippen LogP contribution is 2.53. The molecule has 0 fully saturated rings. The van der Waals surface area contributed by atoms with Crippen LogP contribution in [-0.2, 0) is 32.4 Å². The van der Waals surface area contributed by atoms with Gasteiger partial charge in [0.25, 0.3) is 0 Å². The zero-order valence-electron chi connectivity index (χ0n) is 27.2. The number of hydrogen-bond donors (Lipinski definition) is 0. The van der Waals surface area contributed by atoms with Crippen molar-refractivity contribution >= 4 is 67.1 Å². The van der Waals surface area contributed by atoms with Gasteiger partial charge in [0.1, 0.15) is 0 Å². The maximum atomic E-state index is 12.9. The van der Waals surface area contributed by atoms with Crippen LogP contribution in [-0.4, -0.2) is 0 Å². The third-order valence-corrected chi connectivity index (χ3v) is 17.1. The SMILES string of the molecule is CC1(C)c2cc(-c3ccc4c(c3)C(C)(C)c3cc(P(=O)=[S-](=S)I)ccc3-4)ccc2-c2ccc(N(c3ccccc3)c3ccccc3)cc21. The average molecular weight is 791 g/mol. The van der Waals surface area contributed by atoms with E-state index in [4.69, 9.17) is 11.2 Å². The molecule has 1 unspecified atom stereocenters. The standard InChI is InChI=1S/C42H34INOPS2/c1-41(2)37-23-27(28-16-20-34-36-22-18-32(46(45)48(43)47)26-40(36)42(3,4)38(34)24-28)15-19-33(37)35-21-17-31(25-39(35)41)44(29-11-7-5-8-12-29)30-13-9-6-10-14-30/h5-26H,1-4H3/q-1. The summed E-state index contributed by atoms with van der Waals surface area (Å²) < 4.78 is 12.9. The first-order valence-corrected chi connectivity index (χ1v) is 22.7. The number of fused-ring (bicyclic) bond motifs is 6. The van der Waals surface area contributed by atoms with Gasteiger partial charge in [-0.1, -0.05) is 100 Å². The molecule has 0 aromatic heterocycles. The highest BCUT2D eigenvalue weighted by molar-refractivity contribution is 14.2. The van der Waals surface area contributed by atoms with Gasteiger partial charge < -0.3 is 9.46 Å². The number of anilines is 3. The molecule has 6 heteroatoms. The Bertz CT molecular complexity index is 2370. The van der Waals surface area contributed by atoms with Crippen molar-refractivity contribution in [3.8, 4) is 33.4 Å². The Kier molecular flexibility index (Phi) is 7.84. The highest BCUT2D eigenvalue weighted by atomic mass is 127. The number of nitrogens with zero attached hydrogens (tertiary/aromatic N) is 1. The minimum absolute atomic E-state index is 0.170. The van der Waals surface area contributed by atoms with Gasteiger partial charge in [0, 0.05) is 39.8 Å². The molecule has 1 atom stereocenters. The summed E-state index contributed by atoms with van der Waals surface area (Å²) >= 11 is 7.49. The second-order valence-electron chi connectivity index (χ2n) is 13.7. The van der Waals surface area contributed by atoms with Gasteiger partial charge in [0.2, 0.25) is 0 Å². The quantitative estimate of drug-likeness (QED) is 0.0751. The predicted molar refractivity (Wildman–Crippen MR) is 218 cm³/mol. The van der Waals surface area contributed by atoms with Crippen LogP contribution in [0.4, 0.5) is 17.1 Å². The zero-order valence-corrected chi connectivity index (χ0v) is 31.9. The minimum atomic E-state index is -1.59. The molecule has 0 radical (unpaired) electrons. The molecule has 0 saturated carbocycles. The van der Waals surface area contributed by atoms with Crippen molar-refractivity contribution in [3.05, 3.63) is 156 Å². The van der Waals surface area contributed by atoms with E-state index in [1.165, 1.54) is 55.6 Å². The number of hydrogen-bond acceptors (Lipinski definition) is 4. The summed E-state index contributed by atoms with van der Waals surface area (Å²) in [6.45, 7) is 7.69. The number of benzene rings is 6. The highest BCUT2D eigenvalue weighted by Gasteiger charge is 2.38. The molecule has 6 aromatic rings. The molecule has 0 N–H and O–H groups in total. The lowest BCUT2D eigenvalue weighted by atomic mass is 9.80. The van der Waals surface area contributed by atoms with E-state index >= 15 is 0 Å². The Morgan fingerprint density at radius 1 is 0.542 bits per heavy atom. The van der Waals surface area contributed by atoms with Crippen LogP contribution < -0.4 is 10.2 Å². The molecular formula is C42H34INOPS2-. The van der Waals surface area contributed by atoms with Crippen LogP contribution in [0.15, 0.2) is 133 Å². The summed E-state index contributed by atoms with van der Waals surface area (Å²) in [7, 11) is 0. The van der Waals surface area contributed by atoms with Crippen molar-refractivity contribution in [2.75, 3.05) is 4.90 Å². The lowest BCUT2D eigenvalue weighted by Gasteiger charge is -2.28. The molecule has 8 rings (SSSR count). The van der Waals surface area contributed by atoms with Crippen LogP contribution in [0, 0.1) is 0 Å². The molecule has 0 aliphatic heterocycles. The summed E-state index contributed by atoms with van der Waals surface area (Å²) in [6.07, 6.45) is 0. The molecule has 0 amide bonds. The van der Waals surface area contributed by atoms with E-state index in [2.05, 4.69) is 181 Å². The van der Waals surface area contributed by atoms with Gasteiger partial charge in [-0.2, -0.15) is 0 Å². The maximum absolute atomic E-state index is 12.9. The van der Waals surface area contributed by atoms with Crippen molar-refractivity contribution in [2.45, 2.75) is 38.5 Å². The fourth-order valence-corrected chi connectivity index (χ4v) is 12.0. The van der Waals surface area contributed by atoms with Crippen LogP contribution in [0.5, 0.6) is 0 Å². The minimum Gasteiger partial charge on any atom is -0.310 e. The topological polar surface area (TPSA) is 20.3 Å². The van der Waals surface area contributed by atoms with Gasteiger partial charge in [-0.05, 0) is 116 Å². The van der Waals surface area contributed by atoms with E-state index in [1.807, 2.05) is 6.07 Å². The molecule has 238 valence electrons. The lowest BCUT2D eigenvalue weighted by Crippen LogP contribution is -2.17. The molecule has 2 aliphatic carbocycles. The van der Waals surface area contributed by atoms with E-state index in [-0.39, 0.29) is 10.8 Å². The average Bonchev–Trinajstić information content (AvgIpc) is 3.47. The number of rotatable bonds is 5. The third-order valence-electron chi connectivity index (χ3n) is 10.3. The lowest BCUT2D eigenvalue weighted by molar-refractivity contribution is 0.602. The van der Waals surface area contributed by atoms with Gasteiger partial charge in [0.05, 0.1) is 0 Å². The Morgan fingerprint density at radius 3 is 1.44 bits per heavy atom. The number of para-hydroxylation sites is 2. The molecule has 48 heavy (non-hydrogen) atoms. The van der Waals surface area contributed by atoms with E-state index in [1.54, 1.807) is 0 Å². The smallest absolute Gasteiger partial charge is 0.0465 e. The Hall–Kier alpha value is -3.48. The van der Waals surface area contributed by atoms with Crippen molar-refractivity contribution in [3.63, 3.8) is 0 Å². The van der Waals surface area contributed by atoms with Crippen LogP contribution >= 0.6 is 27.8 Å². The molecule has 2 nitrogen and oxygen atoms in total. The first kappa shape index (κ1) is 31.8. The Balaban J connectivity index is 1.18. The van der Waals surface area contributed by atoms with E-state index in [0.717, 1.165) is 22.4 Å². The van der Waals surface area contributed by atoms with E-state index in [0.29, 0.717) is 0 Å². The summed E-state index contributed by atoms with van der Waals surface area (Å²) in [4.78, 5) is 2.34. The second kappa shape index (κ2) is 11.8. The van der Waals surface area contributed by atoms with Gasteiger partial charge in [0.15, 0.2) is 0 Å². The van der Waals surface area contributed by atoms with Crippen LogP contribution in [0.25, 0.3) is 33.4 Å². The maximum Gasteiger partial charge on any atom is 0.0465 e. The second-order valence-corrected chi connectivity index (χ2v) is 25.5. The molecule has 0 heterocycles. The van der Waals surface area contributed by atoms with Crippen molar-refractivity contribution in [2.24, 2.45) is 0 Å². The third kappa shape index (κ3) is 5.05. The summed E-state index contributed by atoms with van der Waals surface area (Å²) in [5.74, 6) is -0.594. The normalized spacial score (nSPS) is 15.6.